The summed E-state index contributed by atoms with van der Waals surface area (Å²) in [7, 11) is 0. The number of pyridine rings is 1. The Morgan fingerprint density at radius 3 is 2.67 bits per heavy atom. The van der Waals surface area contributed by atoms with Gasteiger partial charge in [-0.2, -0.15) is 0 Å². The van der Waals surface area contributed by atoms with Gasteiger partial charge in [-0.05, 0) is 44.0 Å². The van der Waals surface area contributed by atoms with Gasteiger partial charge in [0, 0.05) is 35.7 Å². The molecule has 3 aromatic rings. The number of benzene rings is 2. The molecule has 1 aliphatic carbocycles. The molecule has 1 N–H and O–H groups in total. The van der Waals surface area contributed by atoms with Crippen molar-refractivity contribution in [2.75, 3.05) is 5.32 Å². The van der Waals surface area contributed by atoms with E-state index in [0.29, 0.717) is 17.0 Å². The molecule has 2 aromatic carbocycles. The van der Waals surface area contributed by atoms with Gasteiger partial charge in [0.15, 0.2) is 11.5 Å². The number of rotatable bonds is 2. The fourth-order valence-corrected chi connectivity index (χ4v) is 3.98. The minimum atomic E-state index is -0.497. The number of carbonyl (C=O) groups is 1. The zero-order chi connectivity index (χ0) is 18.4. The number of hydrogen-bond acceptors (Lipinski definition) is 4. The summed E-state index contributed by atoms with van der Waals surface area (Å²) in [4.78, 5) is 17.4. The van der Waals surface area contributed by atoms with Crippen LogP contribution in [0.3, 0.4) is 0 Å². The molecule has 2 aliphatic rings. The Morgan fingerprint density at radius 2 is 1.81 bits per heavy atom. The van der Waals surface area contributed by atoms with E-state index < -0.39 is 5.79 Å². The number of aryl methyl sites for hydroxylation is 1. The Kier molecular flexibility index (Phi) is 3.57. The molecule has 1 amide bonds. The molecule has 1 spiro atoms. The molecule has 0 radical (unpaired) electrons. The first-order valence-corrected chi connectivity index (χ1v) is 9.32. The second kappa shape index (κ2) is 5.98. The largest absolute Gasteiger partial charge is 0.448 e. The van der Waals surface area contributed by atoms with Crippen LogP contribution in [0.2, 0.25) is 0 Å². The van der Waals surface area contributed by atoms with Crippen LogP contribution < -0.4 is 14.8 Å². The lowest BCUT2D eigenvalue weighted by Gasteiger charge is -2.21. The van der Waals surface area contributed by atoms with Gasteiger partial charge in [-0.15, -0.1) is 0 Å². The lowest BCUT2D eigenvalue weighted by Crippen LogP contribution is -2.34. The van der Waals surface area contributed by atoms with Crippen LogP contribution in [0.25, 0.3) is 10.9 Å². The maximum atomic E-state index is 12.9. The van der Waals surface area contributed by atoms with Crippen LogP contribution in [0.1, 0.15) is 41.7 Å². The molecule has 0 atom stereocenters. The molecule has 136 valence electrons. The summed E-state index contributed by atoms with van der Waals surface area (Å²) in [6.07, 6.45) is 4.05. The molecule has 5 heteroatoms. The molecule has 5 rings (SSSR count). The Labute approximate surface area is 157 Å². The second-order valence-corrected chi connectivity index (χ2v) is 7.27. The highest BCUT2D eigenvalue weighted by molar-refractivity contribution is 6.12. The van der Waals surface area contributed by atoms with Crippen molar-refractivity contribution in [2.45, 2.75) is 38.4 Å². The highest BCUT2D eigenvalue weighted by Gasteiger charge is 2.44. The molecule has 27 heavy (non-hydrogen) atoms. The normalized spacial score (nSPS) is 16.8. The molecule has 0 saturated heterocycles. The highest BCUT2D eigenvalue weighted by atomic mass is 16.7. The average Bonchev–Trinajstić information content (AvgIpc) is 3.26. The van der Waals surface area contributed by atoms with Gasteiger partial charge in [0.1, 0.15) is 0 Å². The predicted molar refractivity (Wildman–Crippen MR) is 103 cm³/mol. The summed E-state index contributed by atoms with van der Waals surface area (Å²) >= 11 is 0. The quantitative estimate of drug-likeness (QED) is 0.710. The van der Waals surface area contributed by atoms with Gasteiger partial charge in [0.2, 0.25) is 0 Å². The zero-order valence-corrected chi connectivity index (χ0v) is 15.1. The first-order chi connectivity index (χ1) is 13.1. The summed E-state index contributed by atoms with van der Waals surface area (Å²) in [5.41, 5.74) is 2.93. The first-order valence-electron chi connectivity index (χ1n) is 9.32. The number of nitrogens with zero attached hydrogens (tertiary/aromatic N) is 1. The number of hydrogen-bond donors (Lipinski definition) is 1. The van der Waals surface area contributed by atoms with Gasteiger partial charge >= 0.3 is 0 Å². The van der Waals surface area contributed by atoms with E-state index in [-0.39, 0.29) is 5.91 Å². The van der Waals surface area contributed by atoms with Crippen molar-refractivity contribution in [1.82, 2.24) is 4.98 Å². The topological polar surface area (TPSA) is 60.5 Å². The number of nitrogens with one attached hydrogen (secondary N) is 1. The molecule has 5 nitrogen and oxygen atoms in total. The third-order valence-corrected chi connectivity index (χ3v) is 5.25. The number of aromatic nitrogens is 1. The number of carbonyl (C=O) groups excluding carboxylic acids is 1. The minimum absolute atomic E-state index is 0.161. The van der Waals surface area contributed by atoms with Crippen LogP contribution in [0.4, 0.5) is 5.69 Å². The van der Waals surface area contributed by atoms with Gasteiger partial charge < -0.3 is 14.8 Å². The van der Waals surface area contributed by atoms with Gasteiger partial charge in [0.25, 0.3) is 11.7 Å². The SMILES string of the molecule is Cc1cc(C(=O)Nc2ccc3c(c2)OC2(CCCC2)O3)c2ccccc2n1. The van der Waals surface area contributed by atoms with Gasteiger partial charge in [-0.1, -0.05) is 18.2 Å². The van der Waals surface area contributed by atoms with Crippen molar-refractivity contribution in [3.05, 3.63) is 59.8 Å². The summed E-state index contributed by atoms with van der Waals surface area (Å²) in [5, 5.41) is 3.82. The van der Waals surface area contributed by atoms with Crippen LogP contribution in [0, 0.1) is 6.92 Å². The molecule has 2 heterocycles. The lowest BCUT2D eigenvalue weighted by atomic mass is 10.1. The zero-order valence-electron chi connectivity index (χ0n) is 15.1. The summed E-state index contributed by atoms with van der Waals surface area (Å²) in [5.74, 6) is 0.792. The third-order valence-electron chi connectivity index (χ3n) is 5.25. The third kappa shape index (κ3) is 2.79. The van der Waals surface area contributed by atoms with E-state index in [2.05, 4.69) is 10.3 Å². The molecule has 0 bridgehead atoms. The number of anilines is 1. The average molecular weight is 360 g/mol. The fourth-order valence-electron chi connectivity index (χ4n) is 3.98. The maximum Gasteiger partial charge on any atom is 0.256 e. The molecular formula is C22H20N2O3. The van der Waals surface area contributed by atoms with Crippen LogP contribution in [-0.2, 0) is 0 Å². The lowest BCUT2D eigenvalue weighted by molar-refractivity contribution is -0.0716. The number of ether oxygens (including phenoxy) is 2. The monoisotopic (exact) mass is 360 g/mol. The van der Waals surface area contributed by atoms with Crippen LogP contribution in [-0.4, -0.2) is 16.7 Å². The predicted octanol–water partition coefficient (Wildman–Crippen LogP) is 4.84. The van der Waals surface area contributed by atoms with Crippen molar-refractivity contribution in [1.29, 1.82) is 0 Å². The van der Waals surface area contributed by atoms with E-state index in [1.54, 1.807) is 0 Å². The number of amides is 1. The molecule has 1 aliphatic heterocycles. The standard InChI is InChI=1S/C22H20N2O3/c1-14-12-17(16-6-2-3-7-18(16)23-14)21(25)24-15-8-9-19-20(13-15)27-22(26-19)10-4-5-11-22/h2-3,6-9,12-13H,4-5,10-11H2,1H3,(H,24,25). The van der Waals surface area contributed by atoms with Crippen LogP contribution in [0.5, 0.6) is 11.5 Å². The van der Waals surface area contributed by atoms with E-state index in [1.165, 1.54) is 0 Å². The molecule has 1 aromatic heterocycles. The van der Waals surface area contributed by atoms with E-state index in [4.69, 9.17) is 9.47 Å². The van der Waals surface area contributed by atoms with Crippen LogP contribution >= 0.6 is 0 Å². The summed E-state index contributed by atoms with van der Waals surface area (Å²) in [6.45, 7) is 1.89. The molecular weight excluding hydrogens is 340 g/mol. The van der Waals surface area contributed by atoms with Crippen molar-refractivity contribution >= 4 is 22.5 Å². The Balaban J connectivity index is 1.43. The number of para-hydroxylation sites is 1. The minimum Gasteiger partial charge on any atom is -0.448 e. The first kappa shape index (κ1) is 16.1. The molecule has 0 unspecified atom stereocenters. The van der Waals surface area contributed by atoms with Crippen molar-refractivity contribution < 1.29 is 14.3 Å². The number of fused-ring (bicyclic) bond motifs is 2. The Hall–Kier alpha value is -3.08. The summed E-state index contributed by atoms with van der Waals surface area (Å²) in [6, 6.07) is 15.1. The molecule has 1 fully saturated rings. The Morgan fingerprint density at radius 1 is 1.04 bits per heavy atom. The van der Waals surface area contributed by atoms with E-state index in [9.17, 15) is 4.79 Å². The molecule has 1 saturated carbocycles. The second-order valence-electron chi connectivity index (χ2n) is 7.27. The van der Waals surface area contributed by atoms with Gasteiger partial charge in [-0.3, -0.25) is 9.78 Å². The summed E-state index contributed by atoms with van der Waals surface area (Å²) < 4.78 is 12.1. The van der Waals surface area contributed by atoms with E-state index in [0.717, 1.165) is 48.0 Å². The van der Waals surface area contributed by atoms with Gasteiger partial charge in [0.05, 0.1) is 11.1 Å². The smallest absolute Gasteiger partial charge is 0.256 e. The maximum absolute atomic E-state index is 12.9. The van der Waals surface area contributed by atoms with Crippen molar-refractivity contribution in [3.63, 3.8) is 0 Å². The Bertz CT molecular complexity index is 1050. The van der Waals surface area contributed by atoms with Gasteiger partial charge in [-0.25, -0.2) is 0 Å². The van der Waals surface area contributed by atoms with Crippen LogP contribution in [0.15, 0.2) is 48.5 Å². The fraction of sp³-hybridized carbons (Fsp3) is 0.273. The van der Waals surface area contributed by atoms with Crippen molar-refractivity contribution in [3.8, 4) is 11.5 Å². The van der Waals surface area contributed by atoms with E-state index in [1.807, 2.05) is 55.5 Å². The highest BCUT2D eigenvalue weighted by Crippen LogP contribution is 2.47. The van der Waals surface area contributed by atoms with E-state index >= 15 is 0 Å². The van der Waals surface area contributed by atoms with Crippen molar-refractivity contribution in [2.24, 2.45) is 0 Å².